The molecule has 0 spiro atoms. The van der Waals surface area contributed by atoms with E-state index >= 15 is 0 Å². The van der Waals surface area contributed by atoms with E-state index in [-0.39, 0.29) is 24.0 Å². The van der Waals surface area contributed by atoms with Crippen LogP contribution in [0.5, 0.6) is 5.75 Å². The second kappa shape index (κ2) is 7.19. The van der Waals surface area contributed by atoms with Crippen molar-refractivity contribution >= 4 is 24.0 Å². The number of benzene rings is 1. The van der Waals surface area contributed by atoms with E-state index in [0.717, 1.165) is 0 Å². The molecule has 0 atom stereocenters. The summed E-state index contributed by atoms with van der Waals surface area (Å²) in [6, 6.07) is 5.53. The topological polar surface area (TPSA) is 50.4 Å². The number of piperidine rings is 1. The molecule has 1 aliphatic rings. The summed E-state index contributed by atoms with van der Waals surface area (Å²) in [6.07, 6.45) is -3.51. The number of carbonyl (C=O) groups excluding carboxylic acids is 1. The molecule has 0 bridgehead atoms. The molecule has 124 valence electrons. The summed E-state index contributed by atoms with van der Waals surface area (Å²) < 4.78 is 41.0. The van der Waals surface area contributed by atoms with Crippen LogP contribution in [0.1, 0.15) is 19.8 Å². The number of para-hydroxylation sites is 2. The van der Waals surface area contributed by atoms with Gasteiger partial charge in [0.1, 0.15) is 0 Å². The van der Waals surface area contributed by atoms with E-state index in [1.54, 1.807) is 6.07 Å². The van der Waals surface area contributed by atoms with E-state index in [0.29, 0.717) is 25.9 Å². The Morgan fingerprint density at radius 3 is 2.45 bits per heavy atom. The van der Waals surface area contributed by atoms with Crippen LogP contribution in [0.15, 0.2) is 24.3 Å². The molecule has 2 rings (SSSR count). The van der Waals surface area contributed by atoms with Crippen molar-refractivity contribution in [2.45, 2.75) is 26.1 Å². The van der Waals surface area contributed by atoms with Crippen LogP contribution in [0.25, 0.3) is 0 Å². The number of ether oxygens (including phenoxy) is 1. The third kappa shape index (κ3) is 4.78. The summed E-state index contributed by atoms with van der Waals surface area (Å²) in [5, 5.41) is 5.70. The minimum atomic E-state index is -4.79. The minimum Gasteiger partial charge on any atom is -0.404 e. The van der Waals surface area contributed by atoms with Gasteiger partial charge in [0.25, 0.3) is 0 Å². The maximum atomic E-state index is 12.3. The van der Waals surface area contributed by atoms with Crippen LogP contribution in [0.3, 0.4) is 0 Å². The van der Waals surface area contributed by atoms with E-state index in [2.05, 4.69) is 15.4 Å². The van der Waals surface area contributed by atoms with Crippen molar-refractivity contribution in [3.63, 3.8) is 0 Å². The molecule has 22 heavy (non-hydrogen) atoms. The Bertz CT molecular complexity index is 517. The van der Waals surface area contributed by atoms with Crippen molar-refractivity contribution in [3.8, 4) is 5.75 Å². The van der Waals surface area contributed by atoms with Crippen LogP contribution in [-0.4, -0.2) is 25.4 Å². The molecule has 2 N–H and O–H groups in total. The number of carbonyl (C=O) groups is 1. The fraction of sp³-hybridized carbons (Fsp3) is 0.500. The Hall–Kier alpha value is -1.47. The van der Waals surface area contributed by atoms with Gasteiger partial charge in [0.05, 0.1) is 5.69 Å². The molecule has 4 nitrogen and oxygen atoms in total. The average Bonchev–Trinajstić information content (AvgIpc) is 2.40. The average molecular weight is 339 g/mol. The summed E-state index contributed by atoms with van der Waals surface area (Å²) >= 11 is 0. The minimum absolute atomic E-state index is 0. The Kier molecular flexibility index (Phi) is 6.08. The maximum Gasteiger partial charge on any atom is 0.573 e. The number of nitrogens with one attached hydrogen (secondary N) is 2. The summed E-state index contributed by atoms with van der Waals surface area (Å²) in [4.78, 5) is 12.3. The van der Waals surface area contributed by atoms with Crippen LogP contribution >= 0.6 is 12.4 Å². The van der Waals surface area contributed by atoms with E-state index in [1.807, 2.05) is 6.92 Å². The van der Waals surface area contributed by atoms with Gasteiger partial charge in [0, 0.05) is 5.41 Å². The molecule has 0 aliphatic carbocycles. The predicted molar refractivity (Wildman–Crippen MR) is 79.2 cm³/mol. The molecule has 1 amide bonds. The zero-order valence-electron chi connectivity index (χ0n) is 12.0. The van der Waals surface area contributed by atoms with Crippen molar-refractivity contribution in [1.29, 1.82) is 0 Å². The van der Waals surface area contributed by atoms with Gasteiger partial charge >= 0.3 is 6.36 Å². The highest BCUT2D eigenvalue weighted by molar-refractivity contribution is 5.96. The first-order valence-electron chi connectivity index (χ1n) is 6.67. The SMILES string of the molecule is CC1(C(=O)Nc2ccccc2OC(F)(F)F)CCNCC1.Cl. The van der Waals surface area contributed by atoms with Gasteiger partial charge in [-0.15, -0.1) is 25.6 Å². The van der Waals surface area contributed by atoms with Crippen molar-refractivity contribution in [1.82, 2.24) is 5.32 Å². The first-order chi connectivity index (χ1) is 9.80. The molecule has 0 aromatic heterocycles. The quantitative estimate of drug-likeness (QED) is 0.888. The van der Waals surface area contributed by atoms with Gasteiger partial charge in [-0.2, -0.15) is 0 Å². The number of halogens is 4. The molecule has 8 heteroatoms. The largest absolute Gasteiger partial charge is 0.573 e. The highest BCUT2D eigenvalue weighted by atomic mass is 35.5. The smallest absolute Gasteiger partial charge is 0.404 e. The highest BCUT2D eigenvalue weighted by Crippen LogP contribution is 2.33. The van der Waals surface area contributed by atoms with Crippen LogP contribution in [0.2, 0.25) is 0 Å². The zero-order valence-corrected chi connectivity index (χ0v) is 12.8. The molecule has 1 aliphatic heterocycles. The molecule has 0 saturated carbocycles. The second-order valence-corrected chi connectivity index (χ2v) is 5.31. The summed E-state index contributed by atoms with van der Waals surface area (Å²) in [6.45, 7) is 3.24. The molecular formula is C14H18ClF3N2O2. The number of hydrogen-bond donors (Lipinski definition) is 2. The molecule has 1 aromatic rings. The number of anilines is 1. The third-order valence-electron chi connectivity index (χ3n) is 3.62. The number of hydrogen-bond acceptors (Lipinski definition) is 3. The highest BCUT2D eigenvalue weighted by Gasteiger charge is 2.36. The van der Waals surface area contributed by atoms with Gasteiger partial charge in [-0.25, -0.2) is 0 Å². The van der Waals surface area contributed by atoms with Crippen LogP contribution in [0.4, 0.5) is 18.9 Å². The summed E-state index contributed by atoms with van der Waals surface area (Å²) in [5.41, 5.74) is -0.559. The Balaban J connectivity index is 0.00000242. The molecule has 1 saturated heterocycles. The van der Waals surface area contributed by atoms with E-state index in [1.165, 1.54) is 18.2 Å². The third-order valence-corrected chi connectivity index (χ3v) is 3.62. The fourth-order valence-corrected chi connectivity index (χ4v) is 2.26. The summed E-state index contributed by atoms with van der Waals surface area (Å²) in [7, 11) is 0. The number of alkyl halides is 3. The van der Waals surface area contributed by atoms with Crippen molar-refractivity contribution in [2.75, 3.05) is 18.4 Å². The number of amides is 1. The van der Waals surface area contributed by atoms with Gasteiger partial charge in [-0.1, -0.05) is 19.1 Å². The van der Waals surface area contributed by atoms with Gasteiger partial charge in [-0.3, -0.25) is 4.79 Å². The van der Waals surface area contributed by atoms with Gasteiger partial charge < -0.3 is 15.4 Å². The molecule has 0 unspecified atom stereocenters. The van der Waals surface area contributed by atoms with Gasteiger partial charge in [0.2, 0.25) is 5.91 Å². The Morgan fingerprint density at radius 2 is 1.86 bits per heavy atom. The maximum absolute atomic E-state index is 12.3. The van der Waals surface area contributed by atoms with Crippen molar-refractivity contribution in [3.05, 3.63) is 24.3 Å². The monoisotopic (exact) mass is 338 g/mol. The normalized spacial score (nSPS) is 17.3. The molecule has 1 heterocycles. The molecule has 1 fully saturated rings. The molecular weight excluding hydrogens is 321 g/mol. The van der Waals surface area contributed by atoms with Crippen LogP contribution in [-0.2, 0) is 4.79 Å². The standard InChI is InChI=1S/C14H17F3N2O2.ClH/c1-13(6-8-18-9-7-13)12(20)19-10-4-2-3-5-11(10)21-14(15,16)17;/h2-5,18H,6-9H2,1H3,(H,19,20);1H. The van der Waals surface area contributed by atoms with E-state index < -0.39 is 17.5 Å². The summed E-state index contributed by atoms with van der Waals surface area (Å²) in [5.74, 6) is -0.696. The number of rotatable bonds is 3. The van der Waals surface area contributed by atoms with Gasteiger partial charge in [0.15, 0.2) is 5.75 Å². The molecule has 1 aromatic carbocycles. The van der Waals surface area contributed by atoms with Gasteiger partial charge in [-0.05, 0) is 38.1 Å². The Labute approximate surface area is 132 Å². The fourth-order valence-electron chi connectivity index (χ4n) is 2.26. The lowest BCUT2D eigenvalue weighted by Gasteiger charge is -2.32. The van der Waals surface area contributed by atoms with Crippen LogP contribution in [0, 0.1) is 5.41 Å². The predicted octanol–water partition coefficient (Wildman–Crippen LogP) is 3.34. The van der Waals surface area contributed by atoms with Crippen molar-refractivity contribution in [2.24, 2.45) is 5.41 Å². The van der Waals surface area contributed by atoms with E-state index in [4.69, 9.17) is 0 Å². The first-order valence-corrected chi connectivity index (χ1v) is 6.67. The Morgan fingerprint density at radius 1 is 1.27 bits per heavy atom. The zero-order chi connectivity index (χ0) is 15.5. The van der Waals surface area contributed by atoms with Crippen molar-refractivity contribution < 1.29 is 22.7 Å². The second-order valence-electron chi connectivity index (χ2n) is 5.31. The lowest BCUT2D eigenvalue weighted by molar-refractivity contribution is -0.274. The molecule has 0 radical (unpaired) electrons. The van der Waals surface area contributed by atoms with E-state index in [9.17, 15) is 18.0 Å². The van der Waals surface area contributed by atoms with Crippen LogP contribution < -0.4 is 15.4 Å². The lowest BCUT2D eigenvalue weighted by Crippen LogP contribution is -2.42. The lowest BCUT2D eigenvalue weighted by atomic mass is 9.80. The first kappa shape index (κ1) is 18.6.